The minimum absolute atomic E-state index is 0.290. The molecule has 0 saturated carbocycles. The average molecular weight is 247 g/mol. The third-order valence-electron chi connectivity index (χ3n) is 3.52. The molecule has 1 amide bonds. The van der Waals surface area contributed by atoms with Crippen molar-refractivity contribution in [2.75, 3.05) is 13.7 Å². The van der Waals surface area contributed by atoms with E-state index in [0.717, 1.165) is 38.1 Å². The van der Waals surface area contributed by atoms with Crippen molar-refractivity contribution in [2.24, 2.45) is 0 Å². The molecule has 1 aliphatic heterocycles. The Morgan fingerprint density at radius 1 is 1.39 bits per heavy atom. The molecule has 2 rings (SSSR count). The molecule has 1 aromatic carbocycles. The van der Waals surface area contributed by atoms with Gasteiger partial charge in [-0.05, 0) is 36.1 Å². The van der Waals surface area contributed by atoms with Crippen molar-refractivity contribution in [3.8, 4) is 5.75 Å². The lowest BCUT2D eigenvalue weighted by Gasteiger charge is -2.29. The van der Waals surface area contributed by atoms with Gasteiger partial charge >= 0.3 is 0 Å². The van der Waals surface area contributed by atoms with Gasteiger partial charge in [0.05, 0.1) is 7.11 Å². The molecular weight excluding hydrogens is 226 g/mol. The molecule has 0 spiro atoms. The van der Waals surface area contributed by atoms with Gasteiger partial charge in [0.1, 0.15) is 5.75 Å². The molecule has 0 aliphatic carbocycles. The molecule has 1 heterocycles. The molecule has 0 unspecified atom stereocenters. The summed E-state index contributed by atoms with van der Waals surface area (Å²) in [5.74, 6) is 1.19. The molecule has 0 aromatic heterocycles. The van der Waals surface area contributed by atoms with Crippen LogP contribution in [-0.4, -0.2) is 24.5 Å². The fourth-order valence-electron chi connectivity index (χ4n) is 2.36. The number of rotatable bonds is 4. The molecule has 0 saturated heterocycles. The average Bonchev–Trinajstić information content (AvgIpc) is 2.43. The summed E-state index contributed by atoms with van der Waals surface area (Å²) in [4.78, 5) is 14.0. The highest BCUT2D eigenvalue weighted by Crippen LogP contribution is 2.24. The van der Waals surface area contributed by atoms with E-state index >= 15 is 0 Å². The summed E-state index contributed by atoms with van der Waals surface area (Å²) in [7, 11) is 1.69. The fourth-order valence-corrected chi connectivity index (χ4v) is 2.36. The first-order chi connectivity index (χ1) is 8.74. The molecular formula is C15H21NO2. The summed E-state index contributed by atoms with van der Waals surface area (Å²) in [6.07, 6.45) is 3.69. The number of amides is 1. The lowest BCUT2D eigenvalue weighted by Crippen LogP contribution is -2.35. The summed E-state index contributed by atoms with van der Waals surface area (Å²) in [6, 6.07) is 6.13. The number of hydrogen-bond acceptors (Lipinski definition) is 2. The maximum absolute atomic E-state index is 12.0. The van der Waals surface area contributed by atoms with Crippen molar-refractivity contribution >= 4 is 5.91 Å². The van der Waals surface area contributed by atoms with E-state index in [0.29, 0.717) is 12.3 Å². The van der Waals surface area contributed by atoms with E-state index in [1.54, 1.807) is 7.11 Å². The van der Waals surface area contributed by atoms with E-state index in [-0.39, 0.29) is 0 Å². The third-order valence-corrected chi connectivity index (χ3v) is 3.52. The molecule has 0 radical (unpaired) electrons. The second-order valence-electron chi connectivity index (χ2n) is 4.80. The number of hydrogen-bond donors (Lipinski definition) is 0. The maximum Gasteiger partial charge on any atom is 0.222 e. The number of fused-ring (bicyclic) bond motifs is 1. The monoisotopic (exact) mass is 247 g/mol. The van der Waals surface area contributed by atoms with Gasteiger partial charge in [0.25, 0.3) is 0 Å². The molecule has 18 heavy (non-hydrogen) atoms. The largest absolute Gasteiger partial charge is 0.497 e. The number of carbonyl (C=O) groups is 1. The van der Waals surface area contributed by atoms with E-state index in [9.17, 15) is 4.79 Å². The Balaban J connectivity index is 2.03. The molecule has 0 atom stereocenters. The van der Waals surface area contributed by atoms with E-state index in [1.807, 2.05) is 11.0 Å². The zero-order chi connectivity index (χ0) is 13.0. The number of benzene rings is 1. The standard InChI is InChI=1S/C15H21NO2/c1-3-4-5-15(17)16-9-8-12-10-14(18-2)7-6-13(12)11-16/h6-7,10H,3-5,8-9,11H2,1-2H3. The van der Waals surface area contributed by atoms with Crippen molar-refractivity contribution in [2.45, 2.75) is 39.2 Å². The van der Waals surface area contributed by atoms with Crippen molar-refractivity contribution in [3.63, 3.8) is 0 Å². The van der Waals surface area contributed by atoms with Gasteiger partial charge in [-0.2, -0.15) is 0 Å². The zero-order valence-electron chi connectivity index (χ0n) is 11.2. The molecule has 1 aromatic rings. The number of unbranched alkanes of at least 4 members (excludes halogenated alkanes) is 1. The van der Waals surface area contributed by atoms with Crippen LogP contribution in [0.3, 0.4) is 0 Å². The van der Waals surface area contributed by atoms with E-state index in [4.69, 9.17) is 4.74 Å². The van der Waals surface area contributed by atoms with Gasteiger partial charge in [-0.3, -0.25) is 4.79 Å². The minimum Gasteiger partial charge on any atom is -0.497 e. The molecule has 3 nitrogen and oxygen atoms in total. The van der Waals surface area contributed by atoms with Crippen LogP contribution < -0.4 is 4.74 Å². The molecule has 98 valence electrons. The van der Waals surface area contributed by atoms with Crippen molar-refractivity contribution < 1.29 is 9.53 Å². The zero-order valence-corrected chi connectivity index (χ0v) is 11.2. The van der Waals surface area contributed by atoms with Gasteiger partial charge < -0.3 is 9.64 Å². The van der Waals surface area contributed by atoms with Crippen LogP contribution in [-0.2, 0) is 17.8 Å². The van der Waals surface area contributed by atoms with Crippen LogP contribution >= 0.6 is 0 Å². The van der Waals surface area contributed by atoms with Crippen molar-refractivity contribution in [1.29, 1.82) is 0 Å². The lowest BCUT2D eigenvalue weighted by molar-refractivity contribution is -0.132. The van der Waals surface area contributed by atoms with Crippen LogP contribution in [0, 0.1) is 0 Å². The van der Waals surface area contributed by atoms with Crippen LogP contribution in [0.5, 0.6) is 5.75 Å². The molecule has 1 aliphatic rings. The normalized spacial score (nSPS) is 14.2. The maximum atomic E-state index is 12.0. The van der Waals surface area contributed by atoms with E-state index in [1.165, 1.54) is 11.1 Å². The number of ether oxygens (including phenoxy) is 1. The van der Waals surface area contributed by atoms with Crippen LogP contribution in [0.15, 0.2) is 18.2 Å². The number of nitrogens with zero attached hydrogens (tertiary/aromatic N) is 1. The lowest BCUT2D eigenvalue weighted by atomic mass is 9.99. The smallest absolute Gasteiger partial charge is 0.222 e. The second kappa shape index (κ2) is 5.89. The minimum atomic E-state index is 0.290. The highest BCUT2D eigenvalue weighted by atomic mass is 16.5. The first kappa shape index (κ1) is 12.9. The molecule has 3 heteroatoms. The topological polar surface area (TPSA) is 29.5 Å². The Kier molecular flexibility index (Phi) is 4.24. The Hall–Kier alpha value is -1.51. The van der Waals surface area contributed by atoms with Gasteiger partial charge in [-0.1, -0.05) is 19.4 Å². The molecule has 0 bridgehead atoms. The van der Waals surface area contributed by atoms with Crippen LogP contribution in [0.1, 0.15) is 37.3 Å². The summed E-state index contributed by atoms with van der Waals surface area (Å²) in [5.41, 5.74) is 2.57. The van der Waals surface area contributed by atoms with Gasteiger partial charge in [-0.25, -0.2) is 0 Å². The fraction of sp³-hybridized carbons (Fsp3) is 0.533. The second-order valence-corrected chi connectivity index (χ2v) is 4.80. The van der Waals surface area contributed by atoms with Gasteiger partial charge in [0.2, 0.25) is 5.91 Å². The molecule has 0 fully saturated rings. The third kappa shape index (κ3) is 2.84. The summed E-state index contributed by atoms with van der Waals surface area (Å²) in [6.45, 7) is 3.70. The van der Waals surface area contributed by atoms with Gasteiger partial charge in [-0.15, -0.1) is 0 Å². The Bertz CT molecular complexity index is 429. The summed E-state index contributed by atoms with van der Waals surface area (Å²) in [5, 5.41) is 0. The van der Waals surface area contributed by atoms with Crippen LogP contribution in [0.25, 0.3) is 0 Å². The van der Waals surface area contributed by atoms with Crippen molar-refractivity contribution in [1.82, 2.24) is 4.90 Å². The molecule has 0 N–H and O–H groups in total. The number of carbonyl (C=O) groups excluding carboxylic acids is 1. The first-order valence-corrected chi connectivity index (χ1v) is 6.68. The Morgan fingerprint density at radius 3 is 2.94 bits per heavy atom. The van der Waals surface area contributed by atoms with E-state index in [2.05, 4.69) is 19.1 Å². The van der Waals surface area contributed by atoms with Crippen LogP contribution in [0.4, 0.5) is 0 Å². The van der Waals surface area contributed by atoms with Crippen molar-refractivity contribution in [3.05, 3.63) is 29.3 Å². The van der Waals surface area contributed by atoms with Gasteiger partial charge in [0.15, 0.2) is 0 Å². The summed E-state index contributed by atoms with van der Waals surface area (Å²) < 4.78 is 5.23. The predicted molar refractivity (Wildman–Crippen MR) is 71.6 cm³/mol. The highest BCUT2D eigenvalue weighted by Gasteiger charge is 2.20. The highest BCUT2D eigenvalue weighted by molar-refractivity contribution is 5.76. The van der Waals surface area contributed by atoms with E-state index < -0.39 is 0 Å². The quantitative estimate of drug-likeness (QED) is 0.818. The SMILES string of the molecule is CCCCC(=O)N1CCc2cc(OC)ccc2C1. The first-order valence-electron chi connectivity index (χ1n) is 6.68. The van der Waals surface area contributed by atoms with Crippen LogP contribution in [0.2, 0.25) is 0 Å². The predicted octanol–water partition coefficient (Wildman–Crippen LogP) is 2.77. The number of methoxy groups -OCH3 is 1. The van der Waals surface area contributed by atoms with Gasteiger partial charge in [0, 0.05) is 19.5 Å². The Morgan fingerprint density at radius 2 is 2.22 bits per heavy atom. The summed E-state index contributed by atoms with van der Waals surface area (Å²) >= 11 is 0. The Labute approximate surface area is 109 Å².